The molecule has 10 heteroatoms. The van der Waals surface area contributed by atoms with E-state index in [0.29, 0.717) is 25.1 Å². The van der Waals surface area contributed by atoms with Gasteiger partial charge in [-0.15, -0.1) is 0 Å². The minimum Gasteiger partial charge on any atom is -0.336 e. The van der Waals surface area contributed by atoms with E-state index in [9.17, 15) is 14.4 Å². The summed E-state index contributed by atoms with van der Waals surface area (Å²) in [6, 6.07) is 5.08. The molecule has 1 saturated heterocycles. The van der Waals surface area contributed by atoms with Gasteiger partial charge in [0.1, 0.15) is 11.9 Å². The van der Waals surface area contributed by atoms with E-state index in [4.69, 9.17) is 4.98 Å². The Labute approximate surface area is 189 Å². The number of hydrogen-bond donors (Lipinski definition) is 1. The number of imide groups is 1. The Morgan fingerprint density at radius 2 is 2.06 bits per heavy atom. The largest absolute Gasteiger partial charge is 0.336 e. The van der Waals surface area contributed by atoms with E-state index in [0.717, 1.165) is 41.7 Å². The Balaban J connectivity index is 1.23. The predicted octanol–water partition coefficient (Wildman–Crippen LogP) is 1.06. The van der Waals surface area contributed by atoms with Crippen LogP contribution in [0.1, 0.15) is 34.6 Å². The van der Waals surface area contributed by atoms with Crippen LogP contribution in [0.5, 0.6) is 0 Å². The van der Waals surface area contributed by atoms with Gasteiger partial charge in [0.25, 0.3) is 5.91 Å². The summed E-state index contributed by atoms with van der Waals surface area (Å²) in [4.78, 5) is 49.7. The van der Waals surface area contributed by atoms with Crippen LogP contribution in [0.4, 0.5) is 5.95 Å². The highest BCUT2D eigenvalue weighted by Gasteiger charge is 2.39. The minimum atomic E-state index is -0.611. The number of aromatic nitrogens is 4. The molecule has 0 saturated carbocycles. The number of benzene rings is 1. The van der Waals surface area contributed by atoms with Gasteiger partial charge < -0.3 is 18.9 Å². The molecular weight excluding hydrogens is 422 g/mol. The molecule has 6 rings (SSSR count). The minimum absolute atomic E-state index is 0.169. The maximum atomic E-state index is 12.9. The summed E-state index contributed by atoms with van der Waals surface area (Å²) in [6.45, 7) is 2.85. The molecular formula is C23H23N7O3. The van der Waals surface area contributed by atoms with E-state index in [1.165, 1.54) is 0 Å². The summed E-state index contributed by atoms with van der Waals surface area (Å²) in [5, 5.41) is 2.34. The second-order valence-corrected chi connectivity index (χ2v) is 8.77. The number of anilines is 1. The number of rotatable bonds is 4. The van der Waals surface area contributed by atoms with E-state index in [1.807, 2.05) is 48.4 Å². The van der Waals surface area contributed by atoms with Crippen LogP contribution in [0.25, 0.3) is 11.3 Å². The molecule has 33 heavy (non-hydrogen) atoms. The number of hydrogen-bond acceptors (Lipinski definition) is 6. The number of aryl methyl sites for hydroxylation is 1. The molecule has 1 aromatic carbocycles. The zero-order chi connectivity index (χ0) is 22.7. The fraction of sp³-hybridized carbons (Fsp3) is 0.348. The van der Waals surface area contributed by atoms with Crippen LogP contribution in [0.3, 0.4) is 0 Å². The average Bonchev–Trinajstić information content (AvgIpc) is 3.55. The van der Waals surface area contributed by atoms with Crippen molar-refractivity contribution in [3.63, 3.8) is 0 Å². The summed E-state index contributed by atoms with van der Waals surface area (Å²) in [5.74, 6) is 1.04. The third-order valence-electron chi connectivity index (χ3n) is 6.71. The molecule has 2 aromatic heterocycles. The fourth-order valence-corrected chi connectivity index (χ4v) is 4.93. The van der Waals surface area contributed by atoms with E-state index >= 15 is 0 Å². The molecule has 5 heterocycles. The molecule has 0 aliphatic carbocycles. The molecule has 1 atom stereocenters. The molecule has 3 amide bonds. The number of fused-ring (bicyclic) bond motifs is 2. The van der Waals surface area contributed by atoms with Gasteiger partial charge in [0, 0.05) is 62.8 Å². The second kappa shape index (κ2) is 7.29. The number of carbonyl (C=O) groups is 3. The summed E-state index contributed by atoms with van der Waals surface area (Å²) in [7, 11) is 1.98. The van der Waals surface area contributed by atoms with Gasteiger partial charge in [0.15, 0.2) is 0 Å². The van der Waals surface area contributed by atoms with Crippen molar-refractivity contribution < 1.29 is 14.4 Å². The first-order chi connectivity index (χ1) is 16.0. The first-order valence-electron chi connectivity index (χ1n) is 11.0. The lowest BCUT2D eigenvalue weighted by Crippen LogP contribution is -2.52. The van der Waals surface area contributed by atoms with Gasteiger partial charge in [0.2, 0.25) is 17.8 Å². The predicted molar refractivity (Wildman–Crippen MR) is 118 cm³/mol. The second-order valence-electron chi connectivity index (χ2n) is 8.77. The van der Waals surface area contributed by atoms with E-state index in [-0.39, 0.29) is 18.2 Å². The molecule has 3 aliphatic rings. The topological polar surface area (TPSA) is 105 Å². The van der Waals surface area contributed by atoms with Crippen molar-refractivity contribution in [3.05, 3.63) is 53.7 Å². The molecule has 168 valence electrons. The van der Waals surface area contributed by atoms with Crippen LogP contribution in [0.2, 0.25) is 0 Å². The van der Waals surface area contributed by atoms with Gasteiger partial charge >= 0.3 is 0 Å². The van der Waals surface area contributed by atoms with E-state index < -0.39 is 11.9 Å². The summed E-state index contributed by atoms with van der Waals surface area (Å²) in [6.07, 6.45) is 6.40. The fourth-order valence-electron chi connectivity index (χ4n) is 4.93. The number of nitrogens with zero attached hydrogens (tertiary/aromatic N) is 6. The maximum absolute atomic E-state index is 12.9. The highest BCUT2D eigenvalue weighted by atomic mass is 16.2. The Morgan fingerprint density at radius 1 is 1.18 bits per heavy atom. The highest BCUT2D eigenvalue weighted by molar-refractivity contribution is 6.05. The lowest BCUT2D eigenvalue weighted by molar-refractivity contribution is -0.136. The van der Waals surface area contributed by atoms with Gasteiger partial charge in [-0.05, 0) is 24.1 Å². The SMILES string of the molecule is Cn1cc(-c2ccc3c(c2)CN(C2CCC(=O)NC2=O)C3=O)nc1CN1CCn2ccnc21. The van der Waals surface area contributed by atoms with Crippen molar-refractivity contribution in [2.24, 2.45) is 7.05 Å². The number of nitrogens with one attached hydrogen (secondary N) is 1. The van der Waals surface area contributed by atoms with Gasteiger partial charge in [-0.1, -0.05) is 6.07 Å². The van der Waals surface area contributed by atoms with Crippen LogP contribution in [0.15, 0.2) is 36.8 Å². The van der Waals surface area contributed by atoms with Crippen LogP contribution in [0, 0.1) is 0 Å². The molecule has 1 N–H and O–H groups in total. The Hall–Kier alpha value is -3.95. The van der Waals surface area contributed by atoms with Gasteiger partial charge in [-0.3, -0.25) is 19.7 Å². The molecule has 1 fully saturated rings. The van der Waals surface area contributed by atoms with Crippen LogP contribution in [-0.4, -0.2) is 54.3 Å². The first kappa shape index (κ1) is 19.7. The lowest BCUT2D eigenvalue weighted by Gasteiger charge is -2.29. The number of piperidine rings is 1. The Morgan fingerprint density at radius 3 is 2.91 bits per heavy atom. The quantitative estimate of drug-likeness (QED) is 0.602. The molecule has 1 unspecified atom stereocenters. The standard InChI is InChI=1S/C23H23N7O3/c1-27-12-17(25-19(27)13-29-9-8-28-7-6-24-23(28)29)14-2-3-16-15(10-14)11-30(22(16)33)18-4-5-20(31)26-21(18)32/h2-3,6-7,10,12,18H,4-5,8-9,11,13H2,1H3,(H,26,31,32). The number of carbonyl (C=O) groups excluding carboxylic acids is 3. The third-order valence-corrected chi connectivity index (χ3v) is 6.71. The molecule has 0 radical (unpaired) electrons. The smallest absolute Gasteiger partial charge is 0.255 e. The molecule has 10 nitrogen and oxygen atoms in total. The van der Waals surface area contributed by atoms with Crippen LogP contribution in [-0.2, 0) is 36.3 Å². The molecule has 0 bridgehead atoms. The number of amides is 3. The first-order valence-corrected chi connectivity index (χ1v) is 11.0. The average molecular weight is 445 g/mol. The number of imidazole rings is 2. The lowest BCUT2D eigenvalue weighted by atomic mass is 10.0. The van der Waals surface area contributed by atoms with E-state index in [1.54, 1.807) is 4.90 Å². The van der Waals surface area contributed by atoms with Crippen LogP contribution < -0.4 is 10.2 Å². The normalized spacial score (nSPS) is 19.8. The summed E-state index contributed by atoms with van der Waals surface area (Å²) in [5.41, 5.74) is 3.24. The van der Waals surface area contributed by atoms with E-state index in [2.05, 4.69) is 19.8 Å². The van der Waals surface area contributed by atoms with Crippen LogP contribution >= 0.6 is 0 Å². The Kier molecular flexibility index (Phi) is 4.36. The Bertz CT molecular complexity index is 1310. The zero-order valence-electron chi connectivity index (χ0n) is 18.2. The van der Waals surface area contributed by atoms with Gasteiger partial charge in [-0.2, -0.15) is 0 Å². The van der Waals surface area contributed by atoms with Crippen molar-refractivity contribution in [1.29, 1.82) is 0 Å². The maximum Gasteiger partial charge on any atom is 0.255 e. The van der Waals surface area contributed by atoms with Gasteiger partial charge in [0.05, 0.1) is 12.2 Å². The van der Waals surface area contributed by atoms with Crippen molar-refractivity contribution in [2.45, 2.75) is 38.5 Å². The van der Waals surface area contributed by atoms with Gasteiger partial charge in [-0.25, -0.2) is 9.97 Å². The molecule has 3 aliphatic heterocycles. The highest BCUT2D eigenvalue weighted by Crippen LogP contribution is 2.31. The van der Waals surface area contributed by atoms with Crippen molar-refractivity contribution in [3.8, 4) is 11.3 Å². The van der Waals surface area contributed by atoms with Crippen molar-refractivity contribution in [1.82, 2.24) is 29.3 Å². The monoisotopic (exact) mass is 445 g/mol. The molecule has 3 aromatic rings. The third kappa shape index (κ3) is 3.21. The molecule has 0 spiro atoms. The summed E-state index contributed by atoms with van der Waals surface area (Å²) >= 11 is 0. The van der Waals surface area contributed by atoms with Crippen molar-refractivity contribution in [2.75, 3.05) is 11.4 Å². The zero-order valence-corrected chi connectivity index (χ0v) is 18.2. The summed E-state index contributed by atoms with van der Waals surface area (Å²) < 4.78 is 4.16. The van der Waals surface area contributed by atoms with Crippen molar-refractivity contribution >= 4 is 23.7 Å².